The Bertz CT molecular complexity index is 820. The van der Waals surface area contributed by atoms with Gasteiger partial charge in [-0.15, -0.1) is 0 Å². The van der Waals surface area contributed by atoms with Gasteiger partial charge in [0.05, 0.1) is 51.0 Å². The van der Waals surface area contributed by atoms with Gasteiger partial charge in [-0.05, 0) is 31.0 Å². The topological polar surface area (TPSA) is 71.6 Å². The molecule has 3 aliphatic rings. The number of hydrogen-bond acceptors (Lipinski definition) is 7. The van der Waals surface area contributed by atoms with Crippen LogP contribution in [0.25, 0.3) is 0 Å². The molecule has 2 amide bonds. The fourth-order valence-electron chi connectivity index (χ4n) is 5.11. The maximum absolute atomic E-state index is 13.9. The lowest BCUT2D eigenvalue weighted by Gasteiger charge is -2.34. The van der Waals surface area contributed by atoms with Gasteiger partial charge in [0.25, 0.3) is 0 Å². The highest BCUT2D eigenvalue weighted by Gasteiger charge is 2.57. The van der Waals surface area contributed by atoms with Crippen LogP contribution < -0.4 is 4.74 Å². The van der Waals surface area contributed by atoms with Gasteiger partial charge in [-0.25, -0.2) is 0 Å². The van der Waals surface area contributed by atoms with Crippen LogP contribution in [0.3, 0.4) is 0 Å². The van der Waals surface area contributed by atoms with E-state index in [0.29, 0.717) is 46.2 Å². The van der Waals surface area contributed by atoms with Gasteiger partial charge in [-0.1, -0.05) is 31.9 Å². The van der Waals surface area contributed by atoms with Crippen LogP contribution in [0.4, 0.5) is 0 Å². The summed E-state index contributed by atoms with van der Waals surface area (Å²) in [6, 6.07) is 7.79. The molecule has 0 aromatic heterocycles. The van der Waals surface area contributed by atoms with E-state index in [-0.39, 0.29) is 11.8 Å². The molecule has 188 valence electrons. The highest BCUT2D eigenvalue weighted by Crippen LogP contribution is 2.42. The van der Waals surface area contributed by atoms with Crippen molar-refractivity contribution in [2.75, 3.05) is 72.4 Å². The Morgan fingerprint density at radius 2 is 1.56 bits per heavy atom. The number of imide groups is 1. The summed E-state index contributed by atoms with van der Waals surface area (Å²) in [4.78, 5) is 33.4. The molecule has 0 saturated carbocycles. The molecule has 0 unspecified atom stereocenters. The van der Waals surface area contributed by atoms with Crippen LogP contribution in [0.1, 0.15) is 38.7 Å². The van der Waals surface area contributed by atoms with Gasteiger partial charge >= 0.3 is 0 Å². The molecule has 1 aromatic rings. The van der Waals surface area contributed by atoms with E-state index in [1.165, 1.54) is 4.90 Å². The van der Waals surface area contributed by atoms with Gasteiger partial charge in [-0.2, -0.15) is 0 Å². The van der Waals surface area contributed by atoms with Gasteiger partial charge in [0.1, 0.15) is 5.75 Å². The summed E-state index contributed by atoms with van der Waals surface area (Å²) in [6.45, 7) is 11.3. The van der Waals surface area contributed by atoms with Crippen LogP contribution in [-0.2, 0) is 24.5 Å². The summed E-state index contributed by atoms with van der Waals surface area (Å²) >= 11 is 0. The summed E-state index contributed by atoms with van der Waals surface area (Å²) in [5, 5.41) is 0. The molecular formula is C26H39N3O5. The van der Waals surface area contributed by atoms with Gasteiger partial charge < -0.3 is 14.2 Å². The molecule has 0 spiro atoms. The second-order valence-electron chi connectivity index (χ2n) is 9.69. The van der Waals surface area contributed by atoms with Crippen molar-refractivity contribution >= 4 is 11.8 Å². The number of benzene rings is 1. The third kappa shape index (κ3) is 5.46. The second-order valence-corrected chi connectivity index (χ2v) is 9.69. The zero-order valence-corrected chi connectivity index (χ0v) is 20.7. The van der Waals surface area contributed by atoms with Crippen LogP contribution in [0.5, 0.6) is 5.75 Å². The normalized spacial score (nSPS) is 26.9. The van der Waals surface area contributed by atoms with Gasteiger partial charge in [-0.3, -0.25) is 24.3 Å². The smallest absolute Gasteiger partial charge is 0.241 e. The molecule has 8 nitrogen and oxygen atoms in total. The first-order chi connectivity index (χ1) is 16.5. The number of carbonyl (C=O) groups excluding carboxylic acids is 2. The zero-order valence-electron chi connectivity index (χ0n) is 20.7. The molecule has 1 aromatic carbocycles. The number of unbranched alkanes of at least 4 members (excludes halogenated alkanes) is 2. The number of nitrogens with zero attached hydrogens (tertiary/aromatic N) is 3. The van der Waals surface area contributed by atoms with E-state index in [1.54, 1.807) is 0 Å². The average molecular weight is 474 g/mol. The van der Waals surface area contributed by atoms with Crippen molar-refractivity contribution in [3.63, 3.8) is 0 Å². The number of hydrogen-bond donors (Lipinski definition) is 0. The summed E-state index contributed by atoms with van der Waals surface area (Å²) in [5.74, 6) is 0.176. The Balaban J connectivity index is 1.55. The number of likely N-dealkylation sites (tertiary alicyclic amines) is 1. The van der Waals surface area contributed by atoms with Gasteiger partial charge in [0, 0.05) is 32.7 Å². The standard InChI is InChI=1S/C26H39N3O5/c1-3-4-5-14-34-22-8-6-21(7-9-22)26(2)23(19-27-10-15-32-16-11-27)24(30)29(25(26)31)20-28-12-17-33-18-13-28/h6-9,23H,3-5,10-20H2,1-2H3/t23-,26-/m1/s1. The van der Waals surface area contributed by atoms with Crippen LogP contribution in [0.15, 0.2) is 24.3 Å². The highest BCUT2D eigenvalue weighted by molar-refractivity contribution is 6.10. The van der Waals surface area contributed by atoms with E-state index in [1.807, 2.05) is 31.2 Å². The molecule has 3 heterocycles. The van der Waals surface area contributed by atoms with Gasteiger partial charge in [0.2, 0.25) is 11.8 Å². The fraction of sp³-hybridized carbons (Fsp3) is 0.692. The van der Waals surface area contributed by atoms with Crippen LogP contribution in [0.2, 0.25) is 0 Å². The quantitative estimate of drug-likeness (QED) is 0.381. The largest absolute Gasteiger partial charge is 0.494 e. The molecule has 0 bridgehead atoms. The van der Waals surface area contributed by atoms with E-state index in [9.17, 15) is 9.59 Å². The lowest BCUT2D eigenvalue weighted by atomic mass is 9.73. The van der Waals surface area contributed by atoms with Crippen LogP contribution >= 0.6 is 0 Å². The summed E-state index contributed by atoms with van der Waals surface area (Å²) in [7, 11) is 0. The van der Waals surface area contributed by atoms with E-state index in [0.717, 1.165) is 56.8 Å². The lowest BCUT2D eigenvalue weighted by molar-refractivity contribution is -0.143. The number of rotatable bonds is 10. The van der Waals surface area contributed by atoms with Crippen molar-refractivity contribution in [1.82, 2.24) is 14.7 Å². The Hall–Kier alpha value is -2.00. The first-order valence-electron chi connectivity index (χ1n) is 12.7. The first-order valence-corrected chi connectivity index (χ1v) is 12.7. The van der Waals surface area contributed by atoms with Crippen LogP contribution in [0, 0.1) is 5.92 Å². The molecule has 0 radical (unpaired) electrons. The second kappa shape index (κ2) is 11.6. The zero-order chi connectivity index (χ0) is 24.0. The van der Waals surface area contributed by atoms with E-state index >= 15 is 0 Å². The summed E-state index contributed by atoms with van der Waals surface area (Å²) in [5.41, 5.74) is -0.0444. The molecule has 2 atom stereocenters. The maximum atomic E-state index is 13.9. The molecule has 3 saturated heterocycles. The van der Waals surface area contributed by atoms with E-state index < -0.39 is 11.3 Å². The molecule has 34 heavy (non-hydrogen) atoms. The van der Waals surface area contributed by atoms with E-state index in [4.69, 9.17) is 14.2 Å². The summed E-state index contributed by atoms with van der Waals surface area (Å²) < 4.78 is 16.8. The average Bonchev–Trinajstić information content (AvgIpc) is 3.05. The molecule has 0 N–H and O–H groups in total. The van der Waals surface area contributed by atoms with Crippen molar-refractivity contribution in [1.29, 1.82) is 0 Å². The molecule has 0 aliphatic carbocycles. The molecular weight excluding hydrogens is 434 g/mol. The highest BCUT2D eigenvalue weighted by atomic mass is 16.5. The molecule has 4 rings (SSSR count). The fourth-order valence-corrected chi connectivity index (χ4v) is 5.11. The van der Waals surface area contributed by atoms with Crippen molar-refractivity contribution in [3.05, 3.63) is 29.8 Å². The monoisotopic (exact) mass is 473 g/mol. The first kappa shape index (κ1) is 25.1. The third-order valence-electron chi connectivity index (χ3n) is 7.41. The Morgan fingerprint density at radius 1 is 0.941 bits per heavy atom. The minimum atomic E-state index is -0.914. The van der Waals surface area contributed by atoms with Crippen molar-refractivity contribution in [2.24, 2.45) is 5.92 Å². The minimum absolute atomic E-state index is 0.0784. The van der Waals surface area contributed by atoms with Crippen molar-refractivity contribution in [2.45, 2.75) is 38.5 Å². The number of ether oxygens (including phenoxy) is 3. The third-order valence-corrected chi connectivity index (χ3v) is 7.41. The van der Waals surface area contributed by atoms with Crippen LogP contribution in [-0.4, -0.2) is 98.9 Å². The summed E-state index contributed by atoms with van der Waals surface area (Å²) in [6.07, 6.45) is 3.33. The SMILES string of the molecule is CCCCCOc1ccc([C@@]2(C)C(=O)N(CN3CCOCC3)C(=O)[C@H]2CN2CCOCC2)cc1. The number of morpholine rings is 2. The Labute approximate surface area is 203 Å². The molecule has 8 heteroatoms. The number of amides is 2. The minimum Gasteiger partial charge on any atom is -0.494 e. The van der Waals surface area contributed by atoms with Gasteiger partial charge in [0.15, 0.2) is 0 Å². The van der Waals surface area contributed by atoms with Crippen molar-refractivity contribution < 1.29 is 23.8 Å². The maximum Gasteiger partial charge on any atom is 0.241 e. The predicted molar refractivity (Wildman–Crippen MR) is 129 cm³/mol. The lowest BCUT2D eigenvalue weighted by Crippen LogP contribution is -2.47. The van der Waals surface area contributed by atoms with E-state index in [2.05, 4.69) is 16.7 Å². The predicted octanol–water partition coefficient (Wildman–Crippen LogP) is 2.12. The molecule has 3 aliphatic heterocycles. The Morgan fingerprint density at radius 3 is 2.18 bits per heavy atom. The Kier molecular flexibility index (Phi) is 8.58. The number of carbonyl (C=O) groups is 2. The van der Waals surface area contributed by atoms with Crippen molar-refractivity contribution in [3.8, 4) is 5.75 Å². The molecule has 3 fully saturated rings.